The van der Waals surface area contributed by atoms with Gasteiger partial charge in [0, 0.05) is 0 Å². The highest BCUT2D eigenvalue weighted by Crippen LogP contribution is 2.26. The van der Waals surface area contributed by atoms with E-state index in [9.17, 15) is 14.7 Å². The van der Waals surface area contributed by atoms with Crippen molar-refractivity contribution in [3.05, 3.63) is 90.0 Å². The van der Waals surface area contributed by atoms with E-state index in [0.717, 1.165) is 5.56 Å². The van der Waals surface area contributed by atoms with Gasteiger partial charge in [0.1, 0.15) is 18.1 Å². The summed E-state index contributed by atoms with van der Waals surface area (Å²) < 4.78 is 10.7. The molecule has 2 N–H and O–H groups in total. The zero-order chi connectivity index (χ0) is 19.1. The van der Waals surface area contributed by atoms with Gasteiger partial charge >= 0.3 is 12.1 Å². The van der Waals surface area contributed by atoms with E-state index in [2.05, 4.69) is 5.32 Å². The van der Waals surface area contributed by atoms with Crippen molar-refractivity contribution >= 4 is 17.7 Å². The third kappa shape index (κ3) is 5.09. The number of benzene rings is 3. The Bertz CT molecular complexity index is 926. The van der Waals surface area contributed by atoms with E-state index in [0.29, 0.717) is 11.5 Å². The molecule has 0 fully saturated rings. The van der Waals surface area contributed by atoms with Crippen LogP contribution in [0.4, 0.5) is 10.5 Å². The number of carboxylic acids is 1. The van der Waals surface area contributed by atoms with Crippen molar-refractivity contribution in [1.29, 1.82) is 0 Å². The Labute approximate surface area is 156 Å². The van der Waals surface area contributed by atoms with Gasteiger partial charge in [-0.2, -0.15) is 0 Å². The molecule has 0 atom stereocenters. The number of carboxylic acid groups (broad SMARTS) is 1. The first kappa shape index (κ1) is 18.0. The fourth-order valence-electron chi connectivity index (χ4n) is 2.37. The fourth-order valence-corrected chi connectivity index (χ4v) is 2.37. The highest BCUT2D eigenvalue weighted by Gasteiger charge is 2.15. The lowest BCUT2D eigenvalue weighted by Gasteiger charge is -2.12. The number of amides is 1. The second kappa shape index (κ2) is 8.53. The highest BCUT2D eigenvalue weighted by molar-refractivity contribution is 5.99. The molecule has 0 unspecified atom stereocenters. The molecule has 6 nitrogen and oxygen atoms in total. The van der Waals surface area contributed by atoms with Crippen LogP contribution in [0.2, 0.25) is 0 Å². The number of para-hydroxylation sites is 1. The molecular weight excluding hydrogens is 346 g/mol. The summed E-state index contributed by atoms with van der Waals surface area (Å²) in [5.41, 5.74) is 0.860. The second-order valence-corrected chi connectivity index (χ2v) is 5.61. The maximum Gasteiger partial charge on any atom is 0.411 e. The lowest BCUT2D eigenvalue weighted by Crippen LogP contribution is -2.16. The molecule has 0 aliphatic rings. The van der Waals surface area contributed by atoms with Gasteiger partial charge in [0.05, 0.1) is 11.3 Å². The lowest BCUT2D eigenvalue weighted by atomic mass is 10.1. The van der Waals surface area contributed by atoms with Crippen LogP contribution in [-0.4, -0.2) is 17.2 Å². The third-order valence-electron chi connectivity index (χ3n) is 3.65. The zero-order valence-electron chi connectivity index (χ0n) is 14.3. The van der Waals surface area contributed by atoms with Gasteiger partial charge < -0.3 is 14.6 Å². The van der Waals surface area contributed by atoms with Gasteiger partial charge in [0.2, 0.25) is 0 Å². The minimum Gasteiger partial charge on any atom is -0.478 e. The molecular formula is C21H17NO5. The average molecular weight is 363 g/mol. The van der Waals surface area contributed by atoms with Gasteiger partial charge in [-0.15, -0.1) is 0 Å². The van der Waals surface area contributed by atoms with Gasteiger partial charge in [0.25, 0.3) is 0 Å². The van der Waals surface area contributed by atoms with Gasteiger partial charge in [-0.3, -0.25) is 5.32 Å². The first-order chi connectivity index (χ1) is 13.1. The van der Waals surface area contributed by atoms with Crippen molar-refractivity contribution in [2.24, 2.45) is 0 Å². The predicted molar refractivity (Wildman–Crippen MR) is 100 cm³/mol. The van der Waals surface area contributed by atoms with Crippen LogP contribution in [0.15, 0.2) is 78.9 Å². The van der Waals surface area contributed by atoms with Crippen LogP contribution in [0.3, 0.4) is 0 Å². The number of anilines is 1. The molecule has 0 spiro atoms. The summed E-state index contributed by atoms with van der Waals surface area (Å²) in [7, 11) is 0. The molecule has 6 heteroatoms. The Kier molecular flexibility index (Phi) is 5.69. The van der Waals surface area contributed by atoms with Crippen molar-refractivity contribution < 1.29 is 24.2 Å². The molecule has 0 saturated heterocycles. The van der Waals surface area contributed by atoms with Crippen molar-refractivity contribution in [3.63, 3.8) is 0 Å². The molecule has 0 aliphatic heterocycles. The number of hydrogen-bond donors (Lipinski definition) is 2. The molecule has 136 valence electrons. The molecule has 0 aromatic heterocycles. The van der Waals surface area contributed by atoms with Crippen molar-refractivity contribution in [2.45, 2.75) is 6.61 Å². The molecule has 0 aliphatic carbocycles. The first-order valence-corrected chi connectivity index (χ1v) is 8.20. The molecule has 0 saturated carbocycles. The number of rotatable bonds is 6. The second-order valence-electron chi connectivity index (χ2n) is 5.61. The molecule has 0 heterocycles. The average Bonchev–Trinajstić information content (AvgIpc) is 2.69. The predicted octanol–water partition coefficient (Wildman–Crippen LogP) is 4.93. The number of carbonyl (C=O) groups excluding carboxylic acids is 1. The largest absolute Gasteiger partial charge is 0.478 e. The van der Waals surface area contributed by atoms with E-state index >= 15 is 0 Å². The highest BCUT2D eigenvalue weighted by atomic mass is 16.5. The smallest absolute Gasteiger partial charge is 0.411 e. The van der Waals surface area contributed by atoms with Gasteiger partial charge in [-0.05, 0) is 35.9 Å². The van der Waals surface area contributed by atoms with E-state index in [4.69, 9.17) is 9.47 Å². The van der Waals surface area contributed by atoms with Crippen LogP contribution in [0.25, 0.3) is 0 Å². The molecule has 0 radical (unpaired) electrons. The number of ether oxygens (including phenoxy) is 2. The summed E-state index contributed by atoms with van der Waals surface area (Å²) in [5.74, 6) is -0.259. The minimum atomic E-state index is -1.19. The van der Waals surface area contributed by atoms with E-state index in [1.54, 1.807) is 18.2 Å². The molecule has 3 rings (SSSR count). The van der Waals surface area contributed by atoms with Crippen LogP contribution in [0.5, 0.6) is 11.5 Å². The first-order valence-electron chi connectivity index (χ1n) is 8.20. The summed E-state index contributed by atoms with van der Waals surface area (Å²) >= 11 is 0. The van der Waals surface area contributed by atoms with Crippen LogP contribution in [0.1, 0.15) is 15.9 Å². The number of carbonyl (C=O) groups is 2. The summed E-state index contributed by atoms with van der Waals surface area (Å²) in [6, 6.07) is 22.6. The normalized spacial score (nSPS) is 10.1. The quantitative estimate of drug-likeness (QED) is 0.649. The summed E-state index contributed by atoms with van der Waals surface area (Å²) in [5, 5.41) is 11.9. The SMILES string of the molecule is O=C(Nc1ccc(Oc2ccccc2)cc1C(=O)O)OCc1ccccc1. The van der Waals surface area contributed by atoms with Gasteiger partial charge in [0.15, 0.2) is 0 Å². The van der Waals surface area contributed by atoms with Crippen molar-refractivity contribution in [2.75, 3.05) is 5.32 Å². The lowest BCUT2D eigenvalue weighted by molar-refractivity contribution is 0.0697. The molecule has 3 aromatic rings. The monoisotopic (exact) mass is 363 g/mol. The molecule has 27 heavy (non-hydrogen) atoms. The Morgan fingerprint density at radius 1 is 0.852 bits per heavy atom. The Morgan fingerprint density at radius 2 is 1.52 bits per heavy atom. The van der Waals surface area contributed by atoms with E-state index < -0.39 is 12.1 Å². The van der Waals surface area contributed by atoms with Crippen LogP contribution in [-0.2, 0) is 11.3 Å². The summed E-state index contributed by atoms with van der Waals surface area (Å²) in [6.45, 7) is 0.0876. The van der Waals surface area contributed by atoms with Crippen LogP contribution in [0, 0.1) is 0 Å². The topological polar surface area (TPSA) is 84.9 Å². The van der Waals surface area contributed by atoms with E-state index in [-0.39, 0.29) is 17.9 Å². The number of hydrogen-bond acceptors (Lipinski definition) is 4. The Hall–Kier alpha value is -3.80. The molecule has 0 bridgehead atoms. The minimum absolute atomic E-state index is 0.0876. The van der Waals surface area contributed by atoms with Crippen molar-refractivity contribution in [3.8, 4) is 11.5 Å². The zero-order valence-corrected chi connectivity index (χ0v) is 14.3. The Balaban J connectivity index is 1.69. The van der Waals surface area contributed by atoms with Gasteiger partial charge in [-0.1, -0.05) is 48.5 Å². The maximum atomic E-state index is 12.0. The fraction of sp³-hybridized carbons (Fsp3) is 0.0476. The van der Waals surface area contributed by atoms with Crippen molar-refractivity contribution in [1.82, 2.24) is 0 Å². The molecule has 1 amide bonds. The maximum absolute atomic E-state index is 12.0. The standard InChI is InChI=1S/C21H17NO5/c23-20(24)18-13-17(27-16-9-5-2-6-10-16)11-12-19(18)22-21(25)26-14-15-7-3-1-4-8-15/h1-13H,14H2,(H,22,25)(H,23,24). The van der Waals surface area contributed by atoms with Crippen LogP contribution >= 0.6 is 0 Å². The number of nitrogens with one attached hydrogen (secondary N) is 1. The molecule has 3 aromatic carbocycles. The summed E-state index contributed by atoms with van der Waals surface area (Å²) in [4.78, 5) is 23.5. The third-order valence-corrected chi connectivity index (χ3v) is 3.65. The number of aromatic carboxylic acids is 1. The van der Waals surface area contributed by atoms with Crippen LogP contribution < -0.4 is 10.1 Å². The Morgan fingerprint density at radius 3 is 2.19 bits per heavy atom. The summed E-state index contributed by atoms with van der Waals surface area (Å²) in [6.07, 6.45) is -0.738. The van der Waals surface area contributed by atoms with E-state index in [1.165, 1.54) is 12.1 Å². The van der Waals surface area contributed by atoms with Gasteiger partial charge in [-0.25, -0.2) is 9.59 Å². The van der Waals surface area contributed by atoms with E-state index in [1.807, 2.05) is 48.5 Å².